The lowest BCUT2D eigenvalue weighted by Gasteiger charge is -2.02. The predicted molar refractivity (Wildman–Crippen MR) is 46.4 cm³/mol. The minimum atomic E-state index is -0.0698. The van der Waals surface area contributed by atoms with Crippen LogP contribution in [0.5, 0.6) is 11.5 Å². The van der Waals surface area contributed by atoms with Crippen molar-refractivity contribution in [1.82, 2.24) is 4.98 Å². The molecule has 0 bridgehead atoms. The van der Waals surface area contributed by atoms with E-state index in [0.717, 1.165) is 10.9 Å². The second kappa shape index (κ2) is 2.17. The summed E-state index contributed by atoms with van der Waals surface area (Å²) in [6.45, 7) is 1.76. The molecule has 0 unspecified atom stereocenters. The molecule has 12 heavy (non-hydrogen) atoms. The Hall–Kier alpha value is -1.64. The average molecular weight is 163 g/mol. The summed E-state index contributed by atoms with van der Waals surface area (Å²) in [6.07, 6.45) is 1.77. The van der Waals surface area contributed by atoms with Crippen LogP contribution in [0.15, 0.2) is 18.3 Å². The van der Waals surface area contributed by atoms with Crippen LogP contribution >= 0.6 is 0 Å². The lowest BCUT2D eigenvalue weighted by atomic mass is 10.1. The van der Waals surface area contributed by atoms with Crippen LogP contribution < -0.4 is 0 Å². The first kappa shape index (κ1) is 7.03. The number of benzene rings is 1. The van der Waals surface area contributed by atoms with Gasteiger partial charge >= 0.3 is 0 Å². The van der Waals surface area contributed by atoms with Crippen LogP contribution in [-0.4, -0.2) is 15.2 Å². The molecule has 1 aromatic heterocycles. The van der Waals surface area contributed by atoms with Crippen LogP contribution in [0.1, 0.15) is 5.56 Å². The Kier molecular flexibility index (Phi) is 1.27. The number of nitrogens with one attached hydrogen (secondary N) is 1. The zero-order chi connectivity index (χ0) is 8.72. The quantitative estimate of drug-likeness (QED) is 0.519. The molecule has 0 radical (unpaired) electrons. The topological polar surface area (TPSA) is 56.2 Å². The highest BCUT2D eigenvalue weighted by molar-refractivity contribution is 5.86. The minimum Gasteiger partial charge on any atom is -0.504 e. The smallest absolute Gasteiger partial charge is 0.162 e. The lowest BCUT2D eigenvalue weighted by Crippen LogP contribution is -1.78. The Balaban J connectivity index is 2.94. The van der Waals surface area contributed by atoms with Gasteiger partial charge in [-0.3, -0.25) is 0 Å². The molecule has 0 amide bonds. The first-order valence-electron chi connectivity index (χ1n) is 3.69. The molecule has 1 heterocycles. The number of fused-ring (bicyclic) bond motifs is 1. The Morgan fingerprint density at radius 2 is 2.08 bits per heavy atom. The first-order chi connectivity index (χ1) is 5.70. The Labute approximate surface area is 69.3 Å². The molecule has 2 rings (SSSR count). The maximum atomic E-state index is 9.35. The molecule has 0 spiro atoms. The second-order valence-electron chi connectivity index (χ2n) is 2.81. The normalized spacial score (nSPS) is 10.8. The molecule has 0 aliphatic carbocycles. The molecule has 0 saturated carbocycles. The fourth-order valence-corrected chi connectivity index (χ4v) is 1.35. The van der Waals surface area contributed by atoms with Crippen molar-refractivity contribution in [2.24, 2.45) is 0 Å². The van der Waals surface area contributed by atoms with Gasteiger partial charge in [-0.05, 0) is 19.1 Å². The number of aryl methyl sites for hydroxylation is 1. The molecule has 62 valence electrons. The van der Waals surface area contributed by atoms with Crippen LogP contribution in [0.2, 0.25) is 0 Å². The fourth-order valence-electron chi connectivity index (χ4n) is 1.35. The van der Waals surface area contributed by atoms with E-state index < -0.39 is 0 Å². The van der Waals surface area contributed by atoms with Crippen molar-refractivity contribution in [1.29, 1.82) is 0 Å². The molecule has 0 aliphatic heterocycles. The van der Waals surface area contributed by atoms with Gasteiger partial charge < -0.3 is 15.2 Å². The number of aromatic hydroxyl groups is 2. The maximum absolute atomic E-state index is 9.35. The highest BCUT2D eigenvalue weighted by Gasteiger charge is 2.07. The van der Waals surface area contributed by atoms with E-state index in [0.29, 0.717) is 5.56 Å². The zero-order valence-electron chi connectivity index (χ0n) is 6.63. The highest BCUT2D eigenvalue weighted by Crippen LogP contribution is 2.34. The zero-order valence-corrected chi connectivity index (χ0v) is 6.63. The van der Waals surface area contributed by atoms with Crippen molar-refractivity contribution >= 4 is 10.9 Å². The molecule has 3 N–H and O–H groups in total. The summed E-state index contributed by atoms with van der Waals surface area (Å²) in [4.78, 5) is 2.98. The molecular formula is C9H9NO2. The van der Waals surface area contributed by atoms with Crippen molar-refractivity contribution in [3.8, 4) is 11.5 Å². The Morgan fingerprint density at radius 3 is 2.83 bits per heavy atom. The predicted octanol–water partition coefficient (Wildman–Crippen LogP) is 1.89. The van der Waals surface area contributed by atoms with Crippen LogP contribution in [0.25, 0.3) is 10.9 Å². The van der Waals surface area contributed by atoms with Crippen molar-refractivity contribution in [3.63, 3.8) is 0 Å². The molecule has 2 aromatic rings. The van der Waals surface area contributed by atoms with E-state index in [4.69, 9.17) is 0 Å². The standard InChI is InChI=1S/C9H9NO2/c1-5-8-6(2-3-10-8)4-7(11)9(5)12/h2-4,10-12H,1H3. The van der Waals surface area contributed by atoms with Crippen molar-refractivity contribution in [2.75, 3.05) is 0 Å². The molecule has 0 fully saturated rings. The van der Waals surface area contributed by atoms with Gasteiger partial charge in [0.2, 0.25) is 0 Å². The third-order valence-corrected chi connectivity index (χ3v) is 2.04. The number of aromatic amines is 1. The van der Waals surface area contributed by atoms with E-state index in [1.54, 1.807) is 13.1 Å². The van der Waals surface area contributed by atoms with Crippen LogP contribution in [0.3, 0.4) is 0 Å². The summed E-state index contributed by atoms with van der Waals surface area (Å²) in [5.74, 6) is -0.121. The van der Waals surface area contributed by atoms with Gasteiger partial charge in [0.1, 0.15) is 0 Å². The maximum Gasteiger partial charge on any atom is 0.162 e. The van der Waals surface area contributed by atoms with E-state index in [-0.39, 0.29) is 11.5 Å². The van der Waals surface area contributed by atoms with Crippen molar-refractivity contribution in [3.05, 3.63) is 23.9 Å². The largest absolute Gasteiger partial charge is 0.504 e. The molecule has 1 aromatic carbocycles. The monoisotopic (exact) mass is 163 g/mol. The second-order valence-corrected chi connectivity index (χ2v) is 2.81. The summed E-state index contributed by atoms with van der Waals surface area (Å²) in [6, 6.07) is 3.38. The highest BCUT2D eigenvalue weighted by atomic mass is 16.3. The molecule has 3 nitrogen and oxygen atoms in total. The van der Waals surface area contributed by atoms with Crippen LogP contribution in [-0.2, 0) is 0 Å². The minimum absolute atomic E-state index is 0.0510. The summed E-state index contributed by atoms with van der Waals surface area (Å²) >= 11 is 0. The lowest BCUT2D eigenvalue weighted by molar-refractivity contribution is 0.402. The Bertz CT molecular complexity index is 431. The van der Waals surface area contributed by atoms with Gasteiger partial charge in [-0.1, -0.05) is 0 Å². The molecule has 0 aliphatic rings. The van der Waals surface area contributed by atoms with Gasteiger partial charge in [0, 0.05) is 17.1 Å². The van der Waals surface area contributed by atoms with Crippen LogP contribution in [0.4, 0.5) is 0 Å². The van der Waals surface area contributed by atoms with E-state index >= 15 is 0 Å². The number of hydrogen-bond donors (Lipinski definition) is 3. The van der Waals surface area contributed by atoms with E-state index in [2.05, 4.69) is 4.98 Å². The van der Waals surface area contributed by atoms with Crippen molar-refractivity contribution in [2.45, 2.75) is 6.92 Å². The third kappa shape index (κ3) is 0.763. The van der Waals surface area contributed by atoms with Gasteiger partial charge in [0.05, 0.1) is 5.52 Å². The van der Waals surface area contributed by atoms with Gasteiger partial charge in [-0.2, -0.15) is 0 Å². The van der Waals surface area contributed by atoms with E-state index in [9.17, 15) is 10.2 Å². The summed E-state index contributed by atoms with van der Waals surface area (Å²) in [7, 11) is 0. The van der Waals surface area contributed by atoms with Gasteiger partial charge in [-0.15, -0.1) is 0 Å². The Morgan fingerprint density at radius 1 is 1.33 bits per heavy atom. The number of aromatic nitrogens is 1. The number of H-pyrrole nitrogens is 1. The fraction of sp³-hybridized carbons (Fsp3) is 0.111. The molecular weight excluding hydrogens is 154 g/mol. The summed E-state index contributed by atoms with van der Waals surface area (Å²) in [5, 5.41) is 19.5. The first-order valence-corrected chi connectivity index (χ1v) is 3.69. The number of hydrogen-bond acceptors (Lipinski definition) is 2. The average Bonchev–Trinajstić information content (AvgIpc) is 2.48. The number of rotatable bonds is 0. The summed E-state index contributed by atoms with van der Waals surface area (Å²) in [5.41, 5.74) is 1.54. The molecule has 0 saturated heterocycles. The molecule has 0 atom stereocenters. The SMILES string of the molecule is Cc1c(O)c(O)cc2cc[nH]c12. The van der Waals surface area contributed by atoms with E-state index in [1.165, 1.54) is 6.07 Å². The van der Waals surface area contributed by atoms with Gasteiger partial charge in [0.15, 0.2) is 11.5 Å². The summed E-state index contributed by atoms with van der Waals surface area (Å²) < 4.78 is 0. The molecule has 3 heteroatoms. The van der Waals surface area contributed by atoms with Gasteiger partial charge in [0.25, 0.3) is 0 Å². The van der Waals surface area contributed by atoms with Crippen LogP contribution in [0, 0.1) is 6.92 Å². The third-order valence-electron chi connectivity index (χ3n) is 2.04. The number of phenols is 2. The van der Waals surface area contributed by atoms with Gasteiger partial charge in [-0.25, -0.2) is 0 Å². The van der Waals surface area contributed by atoms with Crippen molar-refractivity contribution < 1.29 is 10.2 Å². The number of phenolic OH excluding ortho intramolecular Hbond substituents is 2. The van der Waals surface area contributed by atoms with E-state index in [1.807, 2.05) is 6.07 Å².